The molecule has 212 valence electrons. The van der Waals surface area contributed by atoms with E-state index in [0.29, 0.717) is 13.1 Å². The molecule has 1 fully saturated rings. The molecule has 0 bridgehead atoms. The highest BCUT2D eigenvalue weighted by Gasteiger charge is 2.29. The molecule has 3 aliphatic rings. The lowest BCUT2D eigenvalue weighted by Crippen LogP contribution is -2.50. The van der Waals surface area contributed by atoms with Crippen LogP contribution < -0.4 is 9.64 Å². The van der Waals surface area contributed by atoms with Crippen molar-refractivity contribution in [3.05, 3.63) is 94.6 Å². The molecular formula is C35H44N2O3. The van der Waals surface area contributed by atoms with Crippen molar-refractivity contribution >= 4 is 11.8 Å². The molecule has 5 nitrogen and oxygen atoms in total. The van der Waals surface area contributed by atoms with Crippen LogP contribution in [0.2, 0.25) is 0 Å². The van der Waals surface area contributed by atoms with Gasteiger partial charge in [-0.15, -0.1) is 0 Å². The number of nitrogens with zero attached hydrogens (tertiary/aromatic N) is 2. The van der Waals surface area contributed by atoms with Gasteiger partial charge < -0.3 is 19.3 Å². The number of rotatable bonds is 4. The highest BCUT2D eigenvalue weighted by molar-refractivity contribution is 5.69. The first-order chi connectivity index (χ1) is 19.0. The van der Waals surface area contributed by atoms with Gasteiger partial charge in [0.25, 0.3) is 0 Å². The first-order valence-corrected chi connectivity index (χ1v) is 14.7. The van der Waals surface area contributed by atoms with Crippen molar-refractivity contribution in [2.24, 2.45) is 0 Å². The van der Waals surface area contributed by atoms with Gasteiger partial charge in [0.2, 0.25) is 0 Å². The number of benzene rings is 2. The molecule has 0 aromatic heterocycles. The number of piperazine rings is 1. The molecule has 0 saturated carbocycles. The van der Waals surface area contributed by atoms with Crippen LogP contribution in [0.5, 0.6) is 5.75 Å². The van der Waals surface area contributed by atoms with E-state index in [4.69, 9.17) is 9.47 Å². The van der Waals surface area contributed by atoms with E-state index in [1.54, 1.807) is 0 Å². The summed E-state index contributed by atoms with van der Waals surface area (Å²) in [5.41, 5.74) is 7.23. The maximum atomic E-state index is 12.5. The normalized spacial score (nSPS) is 19.5. The van der Waals surface area contributed by atoms with E-state index in [2.05, 4.69) is 92.4 Å². The van der Waals surface area contributed by atoms with Crippen LogP contribution in [0.25, 0.3) is 0 Å². The van der Waals surface area contributed by atoms with E-state index in [1.807, 2.05) is 25.7 Å². The quantitative estimate of drug-likeness (QED) is 0.397. The third-order valence-corrected chi connectivity index (χ3v) is 7.55. The summed E-state index contributed by atoms with van der Waals surface area (Å²) in [6.45, 7) is 14.9. The predicted molar refractivity (Wildman–Crippen MR) is 163 cm³/mol. The van der Waals surface area contributed by atoms with Crippen LogP contribution in [0.15, 0.2) is 77.9 Å². The van der Waals surface area contributed by atoms with Crippen LogP contribution >= 0.6 is 0 Å². The largest absolute Gasteiger partial charge is 0.488 e. The highest BCUT2D eigenvalue weighted by Crippen LogP contribution is 2.43. The summed E-state index contributed by atoms with van der Waals surface area (Å²) in [5, 5.41) is 0. The number of allylic oxidation sites excluding steroid dienone is 6. The number of carbonyl (C=O) groups is 1. The predicted octanol–water partition coefficient (Wildman–Crippen LogP) is 7.81. The molecule has 1 atom stereocenters. The first-order valence-electron chi connectivity index (χ1n) is 14.7. The van der Waals surface area contributed by atoms with Crippen molar-refractivity contribution in [3.8, 4) is 5.75 Å². The van der Waals surface area contributed by atoms with Crippen LogP contribution in [0.3, 0.4) is 0 Å². The number of carbonyl (C=O) groups excluding carboxylic acids is 1. The molecule has 0 radical (unpaired) electrons. The molecule has 1 saturated heterocycles. The summed E-state index contributed by atoms with van der Waals surface area (Å²) < 4.78 is 11.8. The second kappa shape index (κ2) is 11.2. The van der Waals surface area contributed by atoms with E-state index < -0.39 is 5.60 Å². The van der Waals surface area contributed by atoms with Crippen molar-refractivity contribution in [1.82, 2.24) is 4.90 Å². The second-order valence-electron chi connectivity index (χ2n) is 13.1. The number of hydrogen-bond acceptors (Lipinski definition) is 4. The van der Waals surface area contributed by atoms with Gasteiger partial charge in [0.1, 0.15) is 17.0 Å². The number of amides is 1. The summed E-state index contributed by atoms with van der Waals surface area (Å²) in [4.78, 5) is 16.7. The van der Waals surface area contributed by atoms with Crippen LogP contribution in [0.4, 0.5) is 10.5 Å². The zero-order valence-electron chi connectivity index (χ0n) is 25.0. The third-order valence-electron chi connectivity index (χ3n) is 7.55. The SMILES string of the molecule is CC(C)(C)OC(=O)N1CCN(c2ccc(C3C(C4=CCCC=C4)=CCc4cc(OC(C)(C)C)ccc43)cc2)CC1. The minimum Gasteiger partial charge on any atom is -0.488 e. The Kier molecular flexibility index (Phi) is 7.85. The fraction of sp³-hybridized carbons (Fsp3) is 0.457. The highest BCUT2D eigenvalue weighted by atomic mass is 16.6. The van der Waals surface area contributed by atoms with Crippen molar-refractivity contribution < 1.29 is 14.3 Å². The van der Waals surface area contributed by atoms with E-state index in [0.717, 1.165) is 38.1 Å². The average Bonchev–Trinajstić information content (AvgIpc) is 2.91. The van der Waals surface area contributed by atoms with E-state index in [-0.39, 0.29) is 17.6 Å². The monoisotopic (exact) mass is 540 g/mol. The molecule has 2 aromatic rings. The second-order valence-corrected chi connectivity index (χ2v) is 13.1. The minimum absolute atomic E-state index is 0.180. The Morgan fingerprint density at radius 2 is 1.57 bits per heavy atom. The number of hydrogen-bond donors (Lipinski definition) is 0. The Morgan fingerprint density at radius 1 is 0.850 bits per heavy atom. The topological polar surface area (TPSA) is 42.0 Å². The zero-order valence-corrected chi connectivity index (χ0v) is 25.0. The third kappa shape index (κ3) is 6.63. The van der Waals surface area contributed by atoms with Gasteiger partial charge >= 0.3 is 6.09 Å². The molecule has 1 unspecified atom stereocenters. The minimum atomic E-state index is -0.472. The van der Waals surface area contributed by atoms with E-state index >= 15 is 0 Å². The maximum absolute atomic E-state index is 12.5. The lowest BCUT2D eigenvalue weighted by molar-refractivity contribution is 0.0240. The summed E-state index contributed by atoms with van der Waals surface area (Å²) >= 11 is 0. The standard InChI is InChI=1S/C35H44N2O3/c1-34(2,3)39-29-17-19-31-27(24-29)14-18-30(25-10-8-7-9-11-25)32(31)26-12-15-28(16-13-26)36-20-22-37(23-21-36)33(38)40-35(4,5)6/h8,10-13,15-19,24,32H,7,9,14,20-23H2,1-6H3. The van der Waals surface area contributed by atoms with Crippen LogP contribution in [0, 0.1) is 0 Å². The summed E-state index contributed by atoms with van der Waals surface area (Å²) in [7, 11) is 0. The van der Waals surface area contributed by atoms with Crippen molar-refractivity contribution in [1.29, 1.82) is 0 Å². The summed E-state index contributed by atoms with van der Waals surface area (Å²) in [6.07, 6.45) is 12.3. The molecule has 0 N–H and O–H groups in total. The van der Waals surface area contributed by atoms with Gasteiger partial charge in [0, 0.05) is 37.8 Å². The smallest absolute Gasteiger partial charge is 0.410 e. The fourth-order valence-electron chi connectivity index (χ4n) is 5.79. The van der Waals surface area contributed by atoms with Gasteiger partial charge in [-0.1, -0.05) is 42.5 Å². The molecule has 5 rings (SSSR count). The average molecular weight is 541 g/mol. The Balaban J connectivity index is 1.37. The first kappa shape index (κ1) is 28.1. The molecular weight excluding hydrogens is 496 g/mol. The van der Waals surface area contributed by atoms with Gasteiger partial charge in [-0.25, -0.2) is 4.79 Å². The van der Waals surface area contributed by atoms with Gasteiger partial charge in [0.05, 0.1) is 0 Å². The molecule has 1 heterocycles. The molecule has 40 heavy (non-hydrogen) atoms. The fourth-order valence-corrected chi connectivity index (χ4v) is 5.79. The van der Waals surface area contributed by atoms with Gasteiger partial charge in [-0.2, -0.15) is 0 Å². The number of anilines is 1. The number of fused-ring (bicyclic) bond motifs is 1. The van der Waals surface area contributed by atoms with Crippen molar-refractivity contribution in [3.63, 3.8) is 0 Å². The molecule has 1 aliphatic heterocycles. The van der Waals surface area contributed by atoms with E-state index in [1.165, 1.54) is 33.5 Å². The molecule has 2 aliphatic carbocycles. The Labute approximate surface area is 240 Å². The summed E-state index contributed by atoms with van der Waals surface area (Å²) in [6, 6.07) is 15.7. The maximum Gasteiger partial charge on any atom is 0.410 e. The Morgan fingerprint density at radius 3 is 2.20 bits per heavy atom. The van der Waals surface area contributed by atoms with E-state index in [9.17, 15) is 4.79 Å². The molecule has 2 aromatic carbocycles. The van der Waals surface area contributed by atoms with Crippen molar-refractivity contribution in [2.75, 3.05) is 31.1 Å². The Hall–Kier alpha value is -3.47. The molecule has 1 amide bonds. The van der Waals surface area contributed by atoms with Crippen molar-refractivity contribution in [2.45, 2.75) is 77.9 Å². The van der Waals surface area contributed by atoms with Crippen LogP contribution in [-0.4, -0.2) is 48.4 Å². The van der Waals surface area contributed by atoms with Crippen LogP contribution in [0.1, 0.15) is 77.0 Å². The molecule has 5 heteroatoms. The van der Waals surface area contributed by atoms with Gasteiger partial charge in [-0.3, -0.25) is 0 Å². The van der Waals surface area contributed by atoms with Crippen LogP contribution in [-0.2, 0) is 11.2 Å². The number of ether oxygens (including phenoxy) is 2. The van der Waals surface area contributed by atoms with Gasteiger partial charge in [-0.05, 0) is 113 Å². The van der Waals surface area contributed by atoms with Gasteiger partial charge in [0.15, 0.2) is 0 Å². The lowest BCUT2D eigenvalue weighted by Gasteiger charge is -2.37. The molecule has 0 spiro atoms. The Bertz CT molecular complexity index is 1310. The lowest BCUT2D eigenvalue weighted by atomic mass is 9.74. The summed E-state index contributed by atoms with van der Waals surface area (Å²) in [5.74, 6) is 1.11. The zero-order chi connectivity index (χ0) is 28.5.